The van der Waals surface area contributed by atoms with Crippen molar-refractivity contribution < 1.29 is 0 Å². The van der Waals surface area contributed by atoms with E-state index in [1.807, 2.05) is 17.8 Å². The summed E-state index contributed by atoms with van der Waals surface area (Å²) in [4.78, 5) is 8.80. The Hall–Kier alpha value is -2.15. The first kappa shape index (κ1) is 14.3. The molecule has 0 fully saturated rings. The van der Waals surface area contributed by atoms with E-state index in [0.29, 0.717) is 5.82 Å². The third kappa shape index (κ3) is 3.45. The smallest absolute Gasteiger partial charge is 0.145 e. The van der Waals surface area contributed by atoms with Gasteiger partial charge in [0.15, 0.2) is 0 Å². The van der Waals surface area contributed by atoms with Gasteiger partial charge < -0.3 is 10.7 Å². The van der Waals surface area contributed by atoms with Crippen molar-refractivity contribution in [2.45, 2.75) is 26.2 Å². The van der Waals surface area contributed by atoms with Crippen LogP contribution in [0, 0.1) is 0 Å². The summed E-state index contributed by atoms with van der Waals surface area (Å²) in [6.45, 7) is 4.88. The Morgan fingerprint density at radius 1 is 1.30 bits per heavy atom. The molecule has 0 saturated heterocycles. The lowest BCUT2D eigenvalue weighted by Crippen LogP contribution is -2.14. The zero-order valence-electron chi connectivity index (χ0n) is 12.1. The SMILES string of the molecule is CC(C)c1nc(NN)cc(NCCc2ccnn2C)n1. The molecule has 20 heavy (non-hydrogen) atoms. The number of hydrazine groups is 1. The molecule has 0 aliphatic carbocycles. The molecule has 0 amide bonds. The van der Waals surface area contributed by atoms with E-state index in [4.69, 9.17) is 5.84 Å². The van der Waals surface area contributed by atoms with E-state index < -0.39 is 0 Å². The zero-order chi connectivity index (χ0) is 14.5. The summed E-state index contributed by atoms with van der Waals surface area (Å²) in [5.41, 5.74) is 3.74. The van der Waals surface area contributed by atoms with Gasteiger partial charge in [0, 0.05) is 43.9 Å². The first-order valence-electron chi connectivity index (χ1n) is 6.66. The number of nitrogen functional groups attached to an aromatic ring is 1. The van der Waals surface area contributed by atoms with E-state index in [9.17, 15) is 0 Å². The largest absolute Gasteiger partial charge is 0.370 e. The third-order valence-corrected chi connectivity index (χ3v) is 3.02. The number of nitrogens with zero attached hydrogens (tertiary/aromatic N) is 4. The lowest BCUT2D eigenvalue weighted by molar-refractivity contribution is 0.710. The highest BCUT2D eigenvalue weighted by atomic mass is 15.3. The van der Waals surface area contributed by atoms with E-state index in [2.05, 4.69) is 39.7 Å². The molecule has 0 bridgehead atoms. The molecule has 0 aliphatic rings. The molecule has 0 spiro atoms. The van der Waals surface area contributed by atoms with E-state index in [0.717, 1.165) is 24.6 Å². The van der Waals surface area contributed by atoms with Crippen LogP contribution in [0.15, 0.2) is 18.3 Å². The molecular formula is C13H21N7. The minimum Gasteiger partial charge on any atom is -0.370 e. The van der Waals surface area contributed by atoms with Gasteiger partial charge in [0.25, 0.3) is 0 Å². The summed E-state index contributed by atoms with van der Waals surface area (Å²) in [6.07, 6.45) is 2.68. The minimum absolute atomic E-state index is 0.251. The van der Waals surface area contributed by atoms with Crippen LogP contribution in [-0.2, 0) is 13.5 Å². The number of hydrogen-bond acceptors (Lipinski definition) is 6. The molecule has 2 aromatic rings. The van der Waals surface area contributed by atoms with E-state index in [1.54, 1.807) is 12.3 Å². The Kier molecular flexibility index (Phi) is 4.52. The van der Waals surface area contributed by atoms with Crippen LogP contribution in [0.5, 0.6) is 0 Å². The second-order valence-corrected chi connectivity index (χ2v) is 4.92. The van der Waals surface area contributed by atoms with Crippen molar-refractivity contribution in [2.75, 3.05) is 17.3 Å². The maximum atomic E-state index is 5.43. The molecule has 0 unspecified atom stereocenters. The van der Waals surface area contributed by atoms with Gasteiger partial charge in [-0.05, 0) is 6.07 Å². The topological polar surface area (TPSA) is 93.7 Å². The van der Waals surface area contributed by atoms with Crippen LogP contribution in [0.1, 0.15) is 31.3 Å². The van der Waals surface area contributed by atoms with Gasteiger partial charge in [0.05, 0.1) is 0 Å². The van der Waals surface area contributed by atoms with Crippen LogP contribution >= 0.6 is 0 Å². The number of nitrogens with one attached hydrogen (secondary N) is 2. The van der Waals surface area contributed by atoms with Gasteiger partial charge in [0.2, 0.25) is 0 Å². The molecule has 7 heteroatoms. The maximum Gasteiger partial charge on any atom is 0.145 e. The Morgan fingerprint density at radius 3 is 2.65 bits per heavy atom. The van der Waals surface area contributed by atoms with Crippen molar-refractivity contribution in [2.24, 2.45) is 12.9 Å². The average Bonchev–Trinajstić information content (AvgIpc) is 2.84. The first-order valence-corrected chi connectivity index (χ1v) is 6.66. The van der Waals surface area contributed by atoms with E-state index >= 15 is 0 Å². The van der Waals surface area contributed by atoms with Gasteiger partial charge in [-0.25, -0.2) is 15.8 Å². The highest BCUT2D eigenvalue weighted by molar-refractivity contribution is 5.47. The molecule has 0 atom stereocenters. The summed E-state index contributed by atoms with van der Waals surface area (Å²) in [6, 6.07) is 3.81. The summed E-state index contributed by atoms with van der Waals surface area (Å²) in [5.74, 6) is 7.85. The second kappa shape index (κ2) is 6.33. The fraction of sp³-hybridized carbons (Fsp3) is 0.462. The number of nitrogens with two attached hydrogens (primary N) is 1. The summed E-state index contributed by atoms with van der Waals surface area (Å²) < 4.78 is 1.87. The van der Waals surface area contributed by atoms with Crippen LogP contribution in [0.2, 0.25) is 0 Å². The number of aryl methyl sites for hydroxylation is 1. The number of hydrogen-bond donors (Lipinski definition) is 3. The molecule has 0 aromatic carbocycles. The van der Waals surface area contributed by atoms with Crippen LogP contribution in [-0.4, -0.2) is 26.3 Å². The lowest BCUT2D eigenvalue weighted by Gasteiger charge is -2.11. The third-order valence-electron chi connectivity index (χ3n) is 3.02. The van der Waals surface area contributed by atoms with Gasteiger partial charge in [-0.3, -0.25) is 4.68 Å². The van der Waals surface area contributed by atoms with Crippen molar-refractivity contribution in [3.8, 4) is 0 Å². The second-order valence-electron chi connectivity index (χ2n) is 4.92. The van der Waals surface area contributed by atoms with Gasteiger partial charge in [-0.1, -0.05) is 13.8 Å². The molecule has 2 rings (SSSR count). The van der Waals surface area contributed by atoms with Crippen LogP contribution in [0.25, 0.3) is 0 Å². The van der Waals surface area contributed by atoms with Crippen molar-refractivity contribution in [3.05, 3.63) is 29.8 Å². The van der Waals surface area contributed by atoms with Crippen LogP contribution in [0.3, 0.4) is 0 Å². The van der Waals surface area contributed by atoms with E-state index in [1.165, 1.54) is 5.69 Å². The van der Waals surface area contributed by atoms with Crippen LogP contribution in [0.4, 0.5) is 11.6 Å². The molecule has 2 aromatic heterocycles. The number of rotatable bonds is 6. The van der Waals surface area contributed by atoms with Crippen molar-refractivity contribution in [3.63, 3.8) is 0 Å². The highest BCUT2D eigenvalue weighted by Crippen LogP contribution is 2.16. The quantitative estimate of drug-likeness (QED) is 0.543. The predicted molar refractivity (Wildman–Crippen MR) is 79.3 cm³/mol. The van der Waals surface area contributed by atoms with E-state index in [-0.39, 0.29) is 5.92 Å². The average molecular weight is 275 g/mol. The molecule has 108 valence electrons. The molecule has 4 N–H and O–H groups in total. The van der Waals surface area contributed by atoms with Gasteiger partial charge in [0.1, 0.15) is 17.5 Å². The summed E-state index contributed by atoms with van der Waals surface area (Å²) >= 11 is 0. The van der Waals surface area contributed by atoms with Gasteiger partial charge in [-0.2, -0.15) is 5.10 Å². The van der Waals surface area contributed by atoms with Crippen LogP contribution < -0.4 is 16.6 Å². The lowest BCUT2D eigenvalue weighted by atomic mass is 10.2. The zero-order valence-corrected chi connectivity index (χ0v) is 12.1. The predicted octanol–water partition coefficient (Wildman–Crippen LogP) is 1.27. The molecule has 0 radical (unpaired) electrons. The maximum absolute atomic E-state index is 5.43. The van der Waals surface area contributed by atoms with Gasteiger partial charge >= 0.3 is 0 Å². The van der Waals surface area contributed by atoms with Gasteiger partial charge in [-0.15, -0.1) is 0 Å². The Labute approximate surface area is 118 Å². The normalized spacial score (nSPS) is 10.8. The monoisotopic (exact) mass is 275 g/mol. The van der Waals surface area contributed by atoms with Crippen molar-refractivity contribution >= 4 is 11.6 Å². The van der Waals surface area contributed by atoms with Crippen molar-refractivity contribution in [1.29, 1.82) is 0 Å². The molecule has 7 nitrogen and oxygen atoms in total. The molecular weight excluding hydrogens is 254 g/mol. The molecule has 0 saturated carbocycles. The fourth-order valence-electron chi connectivity index (χ4n) is 1.85. The molecule has 2 heterocycles. The Balaban J connectivity index is 2.01. The minimum atomic E-state index is 0.251. The number of anilines is 2. The summed E-state index contributed by atoms with van der Waals surface area (Å²) in [5, 5.41) is 7.44. The standard InChI is InChI=1S/C13H21N7/c1-9(2)13-17-11(8-12(18-13)19-14)15-6-4-10-5-7-16-20(10)3/h5,7-9H,4,6,14H2,1-3H3,(H2,15,17,18,19). The Bertz CT molecular complexity index is 562. The highest BCUT2D eigenvalue weighted by Gasteiger charge is 2.07. The summed E-state index contributed by atoms with van der Waals surface area (Å²) in [7, 11) is 1.94. The fourth-order valence-corrected chi connectivity index (χ4v) is 1.85. The first-order chi connectivity index (χ1) is 9.60. The molecule has 0 aliphatic heterocycles. The number of aromatic nitrogens is 4. The van der Waals surface area contributed by atoms with Crippen molar-refractivity contribution in [1.82, 2.24) is 19.7 Å². The Morgan fingerprint density at radius 2 is 2.05 bits per heavy atom.